The molecule has 0 spiro atoms. The van der Waals surface area contributed by atoms with Gasteiger partial charge in [-0.2, -0.15) is 4.89 Å². The molecule has 0 aromatic heterocycles. The van der Waals surface area contributed by atoms with E-state index in [1.165, 1.54) is 0 Å². The second-order valence-corrected chi connectivity index (χ2v) is 2.68. The van der Waals surface area contributed by atoms with Gasteiger partial charge < -0.3 is 4.74 Å². The van der Waals surface area contributed by atoms with Gasteiger partial charge in [-0.3, -0.25) is 4.89 Å². The first-order valence-corrected chi connectivity index (χ1v) is 4.17. The molecular weight excluding hydrogens is 160 g/mol. The van der Waals surface area contributed by atoms with Crippen molar-refractivity contribution in [3.8, 4) is 0 Å². The maximum absolute atomic E-state index is 10.6. The van der Waals surface area contributed by atoms with Gasteiger partial charge in [0.1, 0.15) is 0 Å². The van der Waals surface area contributed by atoms with Crippen LogP contribution in [0.5, 0.6) is 0 Å². The summed E-state index contributed by atoms with van der Waals surface area (Å²) in [5.74, 6) is 0. The third kappa shape index (κ3) is 7.34. The zero-order valence-electron chi connectivity index (χ0n) is 7.83. The zero-order valence-corrected chi connectivity index (χ0v) is 7.83. The Morgan fingerprint density at radius 3 is 2.58 bits per heavy atom. The van der Waals surface area contributed by atoms with Gasteiger partial charge in [0, 0.05) is 0 Å². The minimum Gasteiger partial charge on any atom is -0.430 e. The smallest absolute Gasteiger partial charge is 0.430 e. The van der Waals surface area contributed by atoms with Crippen molar-refractivity contribution in [2.45, 2.75) is 39.7 Å². The molecule has 0 radical (unpaired) electrons. The van der Waals surface area contributed by atoms with E-state index in [4.69, 9.17) is 0 Å². The largest absolute Gasteiger partial charge is 0.540 e. The summed E-state index contributed by atoms with van der Waals surface area (Å²) in [4.78, 5) is 19.5. The number of hydrogen-bond acceptors (Lipinski definition) is 4. The lowest BCUT2D eigenvalue weighted by atomic mass is 10.4. The van der Waals surface area contributed by atoms with Gasteiger partial charge in [0.25, 0.3) is 0 Å². The Morgan fingerprint density at radius 1 is 1.42 bits per heavy atom. The van der Waals surface area contributed by atoms with E-state index in [-0.39, 0.29) is 6.10 Å². The molecule has 0 amide bonds. The third-order valence-electron chi connectivity index (χ3n) is 1.04. The normalized spacial score (nSPS) is 10.0. The lowest BCUT2D eigenvalue weighted by Gasteiger charge is -2.06. The minimum absolute atomic E-state index is 0.174. The van der Waals surface area contributed by atoms with Crippen molar-refractivity contribution in [2.75, 3.05) is 6.61 Å². The van der Waals surface area contributed by atoms with Crippen molar-refractivity contribution in [1.82, 2.24) is 0 Å². The first kappa shape index (κ1) is 11.2. The molecule has 72 valence electrons. The summed E-state index contributed by atoms with van der Waals surface area (Å²) in [6.45, 7) is 5.93. The van der Waals surface area contributed by atoms with Crippen LogP contribution in [0.25, 0.3) is 0 Å². The van der Waals surface area contributed by atoms with Crippen LogP contribution in [0.4, 0.5) is 4.79 Å². The second kappa shape index (κ2) is 6.91. The van der Waals surface area contributed by atoms with E-state index in [1.807, 2.05) is 6.92 Å². The second-order valence-electron chi connectivity index (χ2n) is 2.68. The van der Waals surface area contributed by atoms with E-state index < -0.39 is 6.16 Å². The molecule has 0 unspecified atom stereocenters. The van der Waals surface area contributed by atoms with Crippen LogP contribution in [0.1, 0.15) is 33.6 Å². The third-order valence-corrected chi connectivity index (χ3v) is 1.04. The summed E-state index contributed by atoms with van der Waals surface area (Å²) in [6, 6.07) is 0. The summed E-state index contributed by atoms with van der Waals surface area (Å²) in [6.07, 6.45) is 0.922. The maximum Gasteiger partial charge on any atom is 0.540 e. The lowest BCUT2D eigenvalue weighted by Crippen LogP contribution is -2.13. The Morgan fingerprint density at radius 2 is 2.08 bits per heavy atom. The molecule has 0 aromatic carbocycles. The van der Waals surface area contributed by atoms with Crippen LogP contribution < -0.4 is 0 Å². The molecule has 0 atom stereocenters. The van der Waals surface area contributed by atoms with Gasteiger partial charge in [0.05, 0.1) is 12.7 Å². The van der Waals surface area contributed by atoms with Gasteiger partial charge in [-0.25, -0.2) is 4.79 Å². The average Bonchev–Trinajstić information content (AvgIpc) is 1.97. The van der Waals surface area contributed by atoms with Crippen LogP contribution in [0.2, 0.25) is 0 Å². The van der Waals surface area contributed by atoms with Crippen LogP contribution in [-0.4, -0.2) is 18.9 Å². The Bertz CT molecular complexity index is 122. The fraction of sp³-hybridized carbons (Fsp3) is 0.875. The number of hydrogen-bond donors (Lipinski definition) is 0. The number of unbranched alkanes of at least 4 members (excludes halogenated alkanes) is 1. The SMILES string of the molecule is CCCCOOC(=O)OC(C)C. The molecule has 4 nitrogen and oxygen atoms in total. The summed E-state index contributed by atoms with van der Waals surface area (Å²) >= 11 is 0. The molecule has 4 heteroatoms. The molecule has 0 saturated heterocycles. The summed E-state index contributed by atoms with van der Waals surface area (Å²) in [5.41, 5.74) is 0. The Balaban J connectivity index is 3.20. The zero-order chi connectivity index (χ0) is 9.40. The van der Waals surface area contributed by atoms with Gasteiger partial charge in [0.2, 0.25) is 0 Å². The average molecular weight is 176 g/mol. The van der Waals surface area contributed by atoms with Crippen LogP contribution in [0.15, 0.2) is 0 Å². The minimum atomic E-state index is -0.777. The van der Waals surface area contributed by atoms with Crippen LogP contribution in [0, 0.1) is 0 Å². The van der Waals surface area contributed by atoms with Gasteiger partial charge in [-0.15, -0.1) is 0 Å². The molecule has 0 N–H and O–H groups in total. The molecule has 12 heavy (non-hydrogen) atoms. The molecule has 0 rings (SSSR count). The standard InChI is InChI=1S/C8H16O4/c1-4-5-6-10-12-8(9)11-7(2)3/h7H,4-6H2,1-3H3. The predicted octanol–water partition coefficient (Wildman–Crippen LogP) is 2.28. The first-order valence-electron chi connectivity index (χ1n) is 4.17. The van der Waals surface area contributed by atoms with Crippen molar-refractivity contribution in [3.05, 3.63) is 0 Å². The maximum atomic E-state index is 10.6. The number of ether oxygens (including phenoxy) is 1. The lowest BCUT2D eigenvalue weighted by molar-refractivity contribution is -0.257. The molecule has 0 fully saturated rings. The van der Waals surface area contributed by atoms with Crippen molar-refractivity contribution < 1.29 is 19.3 Å². The highest BCUT2D eigenvalue weighted by atomic mass is 17.2. The van der Waals surface area contributed by atoms with Crippen LogP contribution >= 0.6 is 0 Å². The van der Waals surface area contributed by atoms with Crippen LogP contribution in [-0.2, 0) is 14.5 Å². The van der Waals surface area contributed by atoms with Gasteiger partial charge >= 0.3 is 6.16 Å². The number of carbonyl (C=O) groups is 1. The molecule has 0 aliphatic heterocycles. The number of rotatable bonds is 5. The van der Waals surface area contributed by atoms with Crippen molar-refractivity contribution in [2.24, 2.45) is 0 Å². The Hall–Kier alpha value is -0.770. The molecule has 0 aromatic rings. The fourth-order valence-electron chi connectivity index (χ4n) is 0.505. The fourth-order valence-corrected chi connectivity index (χ4v) is 0.505. The highest BCUT2D eigenvalue weighted by Crippen LogP contribution is 1.95. The van der Waals surface area contributed by atoms with Gasteiger partial charge in [-0.1, -0.05) is 13.3 Å². The van der Waals surface area contributed by atoms with E-state index in [1.54, 1.807) is 13.8 Å². The van der Waals surface area contributed by atoms with Gasteiger partial charge in [-0.05, 0) is 20.3 Å². The molecule has 0 bridgehead atoms. The Labute approximate surface area is 72.7 Å². The number of carbonyl (C=O) groups excluding carboxylic acids is 1. The van der Waals surface area contributed by atoms with E-state index >= 15 is 0 Å². The molecular formula is C8H16O4. The molecule has 0 heterocycles. The quantitative estimate of drug-likeness (QED) is 0.279. The summed E-state index contributed by atoms with van der Waals surface area (Å²) < 4.78 is 4.64. The van der Waals surface area contributed by atoms with Gasteiger partial charge in [0.15, 0.2) is 0 Å². The van der Waals surface area contributed by atoms with Crippen molar-refractivity contribution in [1.29, 1.82) is 0 Å². The summed E-state index contributed by atoms with van der Waals surface area (Å²) in [5, 5.41) is 0. The van der Waals surface area contributed by atoms with Crippen molar-refractivity contribution in [3.63, 3.8) is 0 Å². The molecule has 0 aliphatic rings. The summed E-state index contributed by atoms with van der Waals surface area (Å²) in [7, 11) is 0. The van der Waals surface area contributed by atoms with E-state index in [2.05, 4.69) is 14.5 Å². The van der Waals surface area contributed by atoms with E-state index in [0.717, 1.165) is 12.8 Å². The van der Waals surface area contributed by atoms with E-state index in [9.17, 15) is 4.79 Å². The molecule has 0 aliphatic carbocycles. The van der Waals surface area contributed by atoms with E-state index in [0.29, 0.717) is 6.61 Å². The monoisotopic (exact) mass is 176 g/mol. The predicted molar refractivity (Wildman–Crippen MR) is 43.6 cm³/mol. The van der Waals surface area contributed by atoms with Crippen LogP contribution in [0.3, 0.4) is 0 Å². The van der Waals surface area contributed by atoms with Crippen molar-refractivity contribution >= 4 is 6.16 Å². The highest BCUT2D eigenvalue weighted by molar-refractivity contribution is 5.59. The highest BCUT2D eigenvalue weighted by Gasteiger charge is 2.06. The first-order chi connectivity index (χ1) is 5.66. The topological polar surface area (TPSA) is 44.8 Å². The molecule has 0 saturated carbocycles. The Kier molecular flexibility index (Phi) is 6.47.